The number of phenols is 1. The van der Waals surface area contributed by atoms with Gasteiger partial charge in [-0.2, -0.15) is 4.98 Å². The molecule has 0 radical (unpaired) electrons. The summed E-state index contributed by atoms with van der Waals surface area (Å²) in [7, 11) is 1.42. The van der Waals surface area contributed by atoms with Crippen molar-refractivity contribution < 1.29 is 14.4 Å². The van der Waals surface area contributed by atoms with Crippen LogP contribution in [0.4, 0.5) is 0 Å². The lowest BCUT2D eigenvalue weighted by atomic mass is 10.2. The third-order valence-corrected chi connectivity index (χ3v) is 4.20. The van der Waals surface area contributed by atoms with E-state index in [1.807, 2.05) is 12.1 Å². The van der Waals surface area contributed by atoms with Crippen LogP contribution in [-0.2, 0) is 0 Å². The van der Waals surface area contributed by atoms with Crippen LogP contribution in [0, 0.1) is 0 Å². The Labute approximate surface area is 158 Å². The van der Waals surface area contributed by atoms with Gasteiger partial charge in [-0.3, -0.25) is 0 Å². The van der Waals surface area contributed by atoms with Gasteiger partial charge in [-0.15, -0.1) is 0 Å². The molecule has 0 spiro atoms. The topological polar surface area (TPSA) is 68.4 Å². The fourth-order valence-corrected chi connectivity index (χ4v) is 2.76. The Morgan fingerprint density at radius 1 is 1.20 bits per heavy atom. The second kappa shape index (κ2) is 7.35. The standard InChI is InChI=1S/C17H11Cl3N2O3/c1-24-14-8-9(6-12(19)15(14)23)7-13(20)17-21-16(22-25-17)10-4-2-3-5-11(10)18/h2-8,23H,1H3/b13-7-. The molecule has 1 aromatic heterocycles. The Morgan fingerprint density at radius 2 is 1.96 bits per heavy atom. The number of phenolic OH excluding ortho intramolecular Hbond substituents is 1. The minimum Gasteiger partial charge on any atom is -0.503 e. The van der Waals surface area contributed by atoms with Crippen molar-refractivity contribution in [2.75, 3.05) is 7.11 Å². The normalized spacial score (nSPS) is 11.6. The van der Waals surface area contributed by atoms with Crippen LogP contribution >= 0.6 is 34.8 Å². The van der Waals surface area contributed by atoms with Crippen LogP contribution in [-0.4, -0.2) is 22.4 Å². The number of aromatic nitrogens is 2. The number of hydrogen-bond acceptors (Lipinski definition) is 5. The molecule has 0 saturated heterocycles. The minimum absolute atomic E-state index is 0.125. The van der Waals surface area contributed by atoms with Crippen LogP contribution in [0.3, 0.4) is 0 Å². The monoisotopic (exact) mass is 396 g/mol. The smallest absolute Gasteiger partial charge is 0.269 e. The van der Waals surface area contributed by atoms with Crippen LogP contribution < -0.4 is 4.74 Å². The second-order valence-electron chi connectivity index (χ2n) is 4.95. The number of benzene rings is 2. The fraction of sp³-hybridized carbons (Fsp3) is 0.0588. The highest BCUT2D eigenvalue weighted by molar-refractivity contribution is 6.50. The summed E-state index contributed by atoms with van der Waals surface area (Å²) in [5, 5.41) is 14.5. The summed E-state index contributed by atoms with van der Waals surface area (Å²) in [5.74, 6) is 0.537. The van der Waals surface area contributed by atoms with Crippen LogP contribution in [0.5, 0.6) is 11.5 Å². The summed E-state index contributed by atoms with van der Waals surface area (Å²) in [6.07, 6.45) is 1.57. The van der Waals surface area contributed by atoms with Gasteiger partial charge in [0.1, 0.15) is 5.03 Å². The molecular weight excluding hydrogens is 387 g/mol. The summed E-state index contributed by atoms with van der Waals surface area (Å²) < 4.78 is 10.2. The molecule has 0 fully saturated rings. The molecule has 0 saturated carbocycles. The highest BCUT2D eigenvalue weighted by atomic mass is 35.5. The number of aromatic hydroxyl groups is 1. The third kappa shape index (κ3) is 3.74. The Hall–Kier alpha value is -2.21. The maximum atomic E-state index is 9.76. The predicted octanol–water partition coefficient (Wildman–Crippen LogP) is 5.49. The molecule has 3 aromatic rings. The number of halogens is 3. The molecule has 5 nitrogen and oxygen atoms in total. The molecule has 2 aromatic carbocycles. The summed E-state index contributed by atoms with van der Waals surface area (Å²) in [4.78, 5) is 4.24. The largest absolute Gasteiger partial charge is 0.503 e. The van der Waals surface area contributed by atoms with Crippen LogP contribution in [0.2, 0.25) is 10.0 Å². The molecule has 3 rings (SSSR count). The van der Waals surface area contributed by atoms with E-state index in [-0.39, 0.29) is 27.4 Å². The van der Waals surface area contributed by atoms with E-state index < -0.39 is 0 Å². The van der Waals surface area contributed by atoms with Crippen molar-refractivity contribution in [3.8, 4) is 22.9 Å². The lowest BCUT2D eigenvalue weighted by Crippen LogP contribution is -1.86. The molecule has 0 unspecified atom stereocenters. The minimum atomic E-state index is -0.142. The van der Waals surface area contributed by atoms with Crippen LogP contribution in [0.25, 0.3) is 22.5 Å². The maximum absolute atomic E-state index is 9.76. The molecule has 0 aliphatic carbocycles. The zero-order valence-corrected chi connectivity index (χ0v) is 15.1. The molecule has 8 heteroatoms. The molecule has 1 N–H and O–H groups in total. The summed E-state index contributed by atoms with van der Waals surface area (Å²) in [6.45, 7) is 0. The van der Waals surface area contributed by atoms with Gasteiger partial charge in [0, 0.05) is 5.56 Å². The molecular formula is C17H11Cl3N2O3. The van der Waals surface area contributed by atoms with Crippen molar-refractivity contribution in [2.45, 2.75) is 0 Å². The molecule has 25 heavy (non-hydrogen) atoms. The molecule has 0 aliphatic rings. The van der Waals surface area contributed by atoms with E-state index in [2.05, 4.69) is 10.1 Å². The highest BCUT2D eigenvalue weighted by Crippen LogP contribution is 2.36. The SMILES string of the molecule is COc1cc(/C=C(\Cl)c2nc(-c3ccccc3Cl)no2)cc(Cl)c1O. The number of nitrogens with zero attached hydrogens (tertiary/aromatic N) is 2. The van der Waals surface area contributed by atoms with Crippen molar-refractivity contribution in [1.29, 1.82) is 0 Å². The van der Waals surface area contributed by atoms with Crippen molar-refractivity contribution in [3.05, 3.63) is 57.9 Å². The van der Waals surface area contributed by atoms with Crippen LogP contribution in [0.1, 0.15) is 11.5 Å². The summed E-state index contributed by atoms with van der Waals surface area (Å²) in [6, 6.07) is 10.2. The van der Waals surface area contributed by atoms with Gasteiger partial charge in [-0.05, 0) is 35.9 Å². The van der Waals surface area contributed by atoms with Gasteiger partial charge in [0.05, 0.1) is 17.2 Å². The number of hydrogen-bond donors (Lipinski definition) is 1. The van der Waals surface area contributed by atoms with Crippen LogP contribution in [0.15, 0.2) is 40.9 Å². The Kier molecular flexibility index (Phi) is 5.18. The predicted molar refractivity (Wildman–Crippen MR) is 98.1 cm³/mol. The first kappa shape index (κ1) is 17.6. The Balaban J connectivity index is 1.94. The quantitative estimate of drug-likeness (QED) is 0.630. The van der Waals surface area contributed by atoms with E-state index in [0.717, 1.165) is 0 Å². The van der Waals surface area contributed by atoms with Gasteiger partial charge in [0.2, 0.25) is 5.82 Å². The van der Waals surface area contributed by atoms with Gasteiger partial charge >= 0.3 is 0 Å². The molecule has 1 heterocycles. The zero-order valence-electron chi connectivity index (χ0n) is 12.8. The first-order valence-corrected chi connectivity index (χ1v) is 8.15. The number of rotatable bonds is 4. The zero-order chi connectivity index (χ0) is 18.0. The lowest BCUT2D eigenvalue weighted by Gasteiger charge is -2.06. The van der Waals surface area contributed by atoms with Gasteiger partial charge in [0.25, 0.3) is 5.89 Å². The van der Waals surface area contributed by atoms with Crippen molar-refractivity contribution in [2.24, 2.45) is 0 Å². The molecule has 0 atom stereocenters. The van der Waals surface area contributed by atoms with E-state index in [1.54, 1.807) is 24.3 Å². The van der Waals surface area contributed by atoms with Crippen molar-refractivity contribution in [3.63, 3.8) is 0 Å². The van der Waals surface area contributed by atoms with E-state index in [1.165, 1.54) is 13.2 Å². The molecule has 0 amide bonds. The van der Waals surface area contributed by atoms with Crippen molar-refractivity contribution in [1.82, 2.24) is 10.1 Å². The van der Waals surface area contributed by atoms with E-state index in [4.69, 9.17) is 44.1 Å². The highest BCUT2D eigenvalue weighted by Gasteiger charge is 2.14. The van der Waals surface area contributed by atoms with E-state index in [0.29, 0.717) is 22.0 Å². The lowest BCUT2D eigenvalue weighted by molar-refractivity contribution is 0.373. The summed E-state index contributed by atoms with van der Waals surface area (Å²) >= 11 is 18.3. The van der Waals surface area contributed by atoms with E-state index in [9.17, 15) is 5.11 Å². The van der Waals surface area contributed by atoms with Crippen molar-refractivity contribution >= 4 is 45.9 Å². The van der Waals surface area contributed by atoms with Gasteiger partial charge < -0.3 is 14.4 Å². The average Bonchev–Trinajstić information content (AvgIpc) is 3.08. The second-order valence-corrected chi connectivity index (χ2v) is 6.17. The summed E-state index contributed by atoms with van der Waals surface area (Å²) in [5.41, 5.74) is 1.24. The average molecular weight is 398 g/mol. The van der Waals surface area contributed by atoms with Gasteiger partial charge in [0.15, 0.2) is 11.5 Å². The fourth-order valence-electron chi connectivity index (χ4n) is 2.11. The van der Waals surface area contributed by atoms with E-state index >= 15 is 0 Å². The number of ether oxygens (including phenoxy) is 1. The molecule has 0 bridgehead atoms. The first-order chi connectivity index (χ1) is 12.0. The Morgan fingerprint density at radius 3 is 2.68 bits per heavy atom. The molecule has 0 aliphatic heterocycles. The number of methoxy groups -OCH3 is 1. The first-order valence-electron chi connectivity index (χ1n) is 7.02. The third-order valence-electron chi connectivity index (χ3n) is 3.31. The maximum Gasteiger partial charge on any atom is 0.269 e. The van der Waals surface area contributed by atoms with Gasteiger partial charge in [-0.1, -0.05) is 52.1 Å². The Bertz CT molecular complexity index is 954. The van der Waals surface area contributed by atoms with Gasteiger partial charge in [-0.25, -0.2) is 0 Å². The molecule has 128 valence electrons.